The van der Waals surface area contributed by atoms with Crippen molar-refractivity contribution in [1.82, 2.24) is 15.5 Å². The summed E-state index contributed by atoms with van der Waals surface area (Å²) >= 11 is 0. The van der Waals surface area contributed by atoms with E-state index in [0.29, 0.717) is 29.4 Å². The number of rotatable bonds is 5. The molecule has 6 heteroatoms. The molecule has 1 aromatic heterocycles. The summed E-state index contributed by atoms with van der Waals surface area (Å²) in [5, 5.41) is 23.5. The lowest BCUT2D eigenvalue weighted by Crippen LogP contribution is -2.54. The van der Waals surface area contributed by atoms with Crippen LogP contribution in [0.3, 0.4) is 0 Å². The summed E-state index contributed by atoms with van der Waals surface area (Å²) in [7, 11) is 3.79. The summed E-state index contributed by atoms with van der Waals surface area (Å²) in [6.45, 7) is 2.01. The number of methoxy groups -OCH3 is 1. The second-order valence-electron chi connectivity index (χ2n) is 9.42. The zero-order valence-corrected chi connectivity index (χ0v) is 19.6. The topological polar surface area (TPSA) is 70.5 Å². The van der Waals surface area contributed by atoms with E-state index in [0.717, 1.165) is 41.1 Å². The van der Waals surface area contributed by atoms with Crippen LogP contribution in [0.5, 0.6) is 11.5 Å². The third kappa shape index (κ3) is 4.40. The highest BCUT2D eigenvalue weighted by atomic mass is 16.5. The molecule has 5 rings (SSSR count). The van der Waals surface area contributed by atoms with Gasteiger partial charge in [-0.05, 0) is 79.6 Å². The average Bonchev–Trinajstić information content (AvgIpc) is 2.84. The second-order valence-corrected chi connectivity index (χ2v) is 9.42. The highest BCUT2D eigenvalue weighted by molar-refractivity contribution is 5.75. The number of hydrogen-bond donors (Lipinski definition) is 2. The van der Waals surface area contributed by atoms with Gasteiger partial charge in [-0.3, -0.25) is 0 Å². The Bertz CT molecular complexity index is 1120. The first-order valence-electron chi connectivity index (χ1n) is 11.8. The highest BCUT2D eigenvalue weighted by Crippen LogP contribution is 2.35. The predicted octanol–water partition coefficient (Wildman–Crippen LogP) is 4.94. The van der Waals surface area contributed by atoms with Crippen molar-refractivity contribution >= 4 is 5.82 Å². The van der Waals surface area contributed by atoms with Crippen LogP contribution >= 0.6 is 0 Å². The van der Waals surface area contributed by atoms with Gasteiger partial charge in [0.15, 0.2) is 5.82 Å². The van der Waals surface area contributed by atoms with Gasteiger partial charge in [0.05, 0.1) is 12.8 Å². The van der Waals surface area contributed by atoms with Crippen molar-refractivity contribution in [2.45, 2.75) is 57.2 Å². The van der Waals surface area contributed by atoms with Crippen LogP contribution in [0.25, 0.3) is 22.4 Å². The molecule has 3 aromatic rings. The van der Waals surface area contributed by atoms with Gasteiger partial charge in [0.1, 0.15) is 11.5 Å². The summed E-state index contributed by atoms with van der Waals surface area (Å²) in [6.07, 6.45) is 6.20. The lowest BCUT2D eigenvalue weighted by atomic mass is 9.83. The van der Waals surface area contributed by atoms with Gasteiger partial charge in [-0.2, -0.15) is 0 Å². The largest absolute Gasteiger partial charge is 0.507 e. The van der Waals surface area contributed by atoms with E-state index in [1.54, 1.807) is 13.2 Å². The van der Waals surface area contributed by atoms with Crippen LogP contribution in [0.4, 0.5) is 5.82 Å². The van der Waals surface area contributed by atoms with Gasteiger partial charge in [-0.1, -0.05) is 24.6 Å². The van der Waals surface area contributed by atoms with Crippen molar-refractivity contribution in [3.8, 4) is 33.9 Å². The number of benzene rings is 2. The molecule has 2 aliphatic rings. The van der Waals surface area contributed by atoms with E-state index < -0.39 is 0 Å². The molecule has 0 spiro atoms. The first kappa shape index (κ1) is 21.7. The van der Waals surface area contributed by atoms with E-state index in [9.17, 15) is 5.11 Å². The molecule has 172 valence electrons. The van der Waals surface area contributed by atoms with Crippen molar-refractivity contribution in [1.29, 1.82) is 0 Å². The summed E-state index contributed by atoms with van der Waals surface area (Å²) in [5.74, 6) is 1.90. The van der Waals surface area contributed by atoms with Crippen molar-refractivity contribution in [3.63, 3.8) is 0 Å². The molecule has 0 radical (unpaired) electrons. The van der Waals surface area contributed by atoms with E-state index >= 15 is 0 Å². The fourth-order valence-electron chi connectivity index (χ4n) is 5.32. The average molecular weight is 445 g/mol. The number of phenolic OH excluding ortho intramolecular Hbond substituents is 1. The van der Waals surface area contributed by atoms with Gasteiger partial charge in [0.2, 0.25) is 0 Å². The monoisotopic (exact) mass is 444 g/mol. The Kier molecular flexibility index (Phi) is 5.94. The Morgan fingerprint density at radius 3 is 2.36 bits per heavy atom. The lowest BCUT2D eigenvalue weighted by Gasteiger charge is -2.43. The smallest absolute Gasteiger partial charge is 0.151 e. The van der Waals surface area contributed by atoms with Crippen LogP contribution in [0.15, 0.2) is 48.5 Å². The van der Waals surface area contributed by atoms with Gasteiger partial charge < -0.3 is 20.1 Å². The fourth-order valence-corrected chi connectivity index (χ4v) is 5.32. The molecule has 2 saturated heterocycles. The normalized spacial score (nSPS) is 22.1. The van der Waals surface area contributed by atoms with E-state index in [1.165, 1.54) is 19.3 Å². The highest BCUT2D eigenvalue weighted by Gasteiger charge is 2.33. The maximum absolute atomic E-state index is 10.7. The van der Waals surface area contributed by atoms with Crippen LogP contribution in [-0.4, -0.2) is 47.6 Å². The molecule has 0 aliphatic carbocycles. The minimum absolute atomic E-state index is 0.189. The molecule has 0 saturated carbocycles. The number of fused-ring (bicyclic) bond motifs is 2. The van der Waals surface area contributed by atoms with E-state index in [-0.39, 0.29) is 5.75 Å². The van der Waals surface area contributed by atoms with Gasteiger partial charge in [0, 0.05) is 30.7 Å². The number of ether oxygens (including phenoxy) is 1. The number of aryl methyl sites for hydroxylation is 1. The molecule has 3 atom stereocenters. The van der Waals surface area contributed by atoms with Gasteiger partial charge in [-0.25, -0.2) is 0 Å². The number of aromatic hydroxyl groups is 1. The number of piperidine rings is 2. The summed E-state index contributed by atoms with van der Waals surface area (Å²) in [4.78, 5) is 2.27. The second kappa shape index (κ2) is 9.02. The van der Waals surface area contributed by atoms with E-state index in [2.05, 4.69) is 27.5 Å². The third-order valence-corrected chi connectivity index (χ3v) is 7.26. The standard InChI is InChI=1S/C27H32N4O2/c1-17-7-8-19(14-26(17)33-3)18-9-10-23(25(32)13-18)24-11-12-27(30-29-24)31(2)22-15-20-5-4-6-21(16-22)28-20/h7-14,20-22,28,32H,4-6,15-16H2,1-3H3/t20-,21+,22-. The van der Waals surface area contributed by atoms with Crippen molar-refractivity contribution < 1.29 is 9.84 Å². The number of nitrogens with one attached hydrogen (secondary N) is 1. The van der Waals surface area contributed by atoms with Crippen molar-refractivity contribution in [2.24, 2.45) is 0 Å². The molecule has 3 heterocycles. The number of hydrogen-bond acceptors (Lipinski definition) is 6. The minimum Gasteiger partial charge on any atom is -0.507 e. The Morgan fingerprint density at radius 1 is 0.970 bits per heavy atom. The zero-order valence-electron chi connectivity index (χ0n) is 19.6. The van der Waals surface area contributed by atoms with Crippen molar-refractivity contribution in [2.75, 3.05) is 19.1 Å². The lowest BCUT2D eigenvalue weighted by molar-refractivity contribution is 0.219. The molecule has 2 aromatic carbocycles. The van der Waals surface area contributed by atoms with Gasteiger partial charge in [-0.15, -0.1) is 10.2 Å². The molecular formula is C27H32N4O2. The fraction of sp³-hybridized carbons (Fsp3) is 0.407. The van der Waals surface area contributed by atoms with E-state index in [1.807, 2.05) is 49.4 Å². The molecule has 2 aliphatic heterocycles. The molecule has 33 heavy (non-hydrogen) atoms. The Hall–Kier alpha value is -3.12. The molecule has 2 fully saturated rings. The maximum Gasteiger partial charge on any atom is 0.151 e. The quantitative estimate of drug-likeness (QED) is 0.581. The first-order valence-corrected chi connectivity index (χ1v) is 11.8. The number of aromatic nitrogens is 2. The number of nitrogens with zero attached hydrogens (tertiary/aromatic N) is 3. The Balaban J connectivity index is 1.34. The molecule has 0 amide bonds. The van der Waals surface area contributed by atoms with Crippen LogP contribution in [0.2, 0.25) is 0 Å². The van der Waals surface area contributed by atoms with Crippen LogP contribution in [0, 0.1) is 6.92 Å². The summed E-state index contributed by atoms with van der Waals surface area (Å²) < 4.78 is 5.44. The summed E-state index contributed by atoms with van der Waals surface area (Å²) in [6, 6.07) is 17.4. The predicted molar refractivity (Wildman–Crippen MR) is 132 cm³/mol. The maximum atomic E-state index is 10.7. The van der Waals surface area contributed by atoms with Crippen LogP contribution in [-0.2, 0) is 0 Å². The molecule has 2 N–H and O–H groups in total. The first-order chi connectivity index (χ1) is 16.0. The molecule has 6 nitrogen and oxygen atoms in total. The zero-order chi connectivity index (χ0) is 22.9. The SMILES string of the molecule is COc1cc(-c2ccc(-c3ccc(N(C)[C@@H]4C[C@H]5CCC[C@@H](C4)N5)nn3)c(O)c2)ccc1C. The Labute approximate surface area is 195 Å². The molecule has 2 bridgehead atoms. The molecular weight excluding hydrogens is 412 g/mol. The van der Waals surface area contributed by atoms with Crippen LogP contribution in [0.1, 0.15) is 37.7 Å². The van der Waals surface area contributed by atoms with E-state index in [4.69, 9.17) is 4.74 Å². The van der Waals surface area contributed by atoms with Crippen molar-refractivity contribution in [3.05, 3.63) is 54.1 Å². The summed E-state index contributed by atoms with van der Waals surface area (Å²) in [5.41, 5.74) is 4.34. The number of anilines is 1. The minimum atomic E-state index is 0.189. The third-order valence-electron chi connectivity index (χ3n) is 7.26. The van der Waals surface area contributed by atoms with Gasteiger partial charge >= 0.3 is 0 Å². The Morgan fingerprint density at radius 2 is 1.70 bits per heavy atom. The van der Waals surface area contributed by atoms with Crippen LogP contribution < -0.4 is 15.0 Å². The molecule has 0 unspecified atom stereocenters. The van der Waals surface area contributed by atoms with Gasteiger partial charge in [0.25, 0.3) is 0 Å². The number of phenols is 1.